The molecule has 2 rings (SSSR count). The van der Waals surface area contributed by atoms with E-state index in [0.717, 1.165) is 6.42 Å². The molecule has 0 saturated heterocycles. The van der Waals surface area contributed by atoms with Crippen LogP contribution in [0.25, 0.3) is 0 Å². The van der Waals surface area contributed by atoms with Gasteiger partial charge in [-0.25, -0.2) is 12.7 Å². The number of hydrogen-bond acceptors (Lipinski definition) is 4. The van der Waals surface area contributed by atoms with Gasteiger partial charge < -0.3 is 0 Å². The average Bonchev–Trinajstić information content (AvgIpc) is 2.69. The summed E-state index contributed by atoms with van der Waals surface area (Å²) in [7, 11) is -2.01. The van der Waals surface area contributed by atoms with Gasteiger partial charge >= 0.3 is 0 Å². The zero-order chi connectivity index (χ0) is 15.2. The summed E-state index contributed by atoms with van der Waals surface area (Å²) in [5.41, 5.74) is -0.968. The van der Waals surface area contributed by atoms with Crippen molar-refractivity contribution in [3.8, 4) is 6.07 Å². The van der Waals surface area contributed by atoms with Gasteiger partial charge in [-0.2, -0.15) is 5.26 Å². The summed E-state index contributed by atoms with van der Waals surface area (Å²) in [4.78, 5) is 12.4. The van der Waals surface area contributed by atoms with Gasteiger partial charge in [0.25, 0.3) is 0 Å². The van der Waals surface area contributed by atoms with Crippen molar-refractivity contribution in [3.63, 3.8) is 0 Å². The minimum Gasteiger partial charge on any atom is -0.299 e. The predicted molar refractivity (Wildman–Crippen MR) is 75.2 cm³/mol. The lowest BCUT2D eigenvalue weighted by atomic mass is 9.70. The molecule has 20 heavy (non-hydrogen) atoms. The molecule has 0 amide bonds. The molecule has 6 heteroatoms. The Kier molecular flexibility index (Phi) is 3.72. The molecule has 5 nitrogen and oxygen atoms in total. The Morgan fingerprint density at radius 3 is 2.55 bits per heavy atom. The zero-order valence-corrected chi connectivity index (χ0v) is 13.2. The molecule has 0 spiro atoms. The van der Waals surface area contributed by atoms with Crippen LogP contribution in [0.2, 0.25) is 0 Å². The van der Waals surface area contributed by atoms with Crippen molar-refractivity contribution in [1.82, 2.24) is 4.31 Å². The van der Waals surface area contributed by atoms with Crippen LogP contribution in [0.15, 0.2) is 0 Å². The van der Waals surface area contributed by atoms with Crippen molar-refractivity contribution < 1.29 is 13.2 Å². The molecule has 0 N–H and O–H groups in total. The van der Waals surface area contributed by atoms with E-state index in [9.17, 15) is 13.2 Å². The lowest BCUT2D eigenvalue weighted by Crippen LogP contribution is -2.45. The largest absolute Gasteiger partial charge is 0.299 e. The summed E-state index contributed by atoms with van der Waals surface area (Å²) in [6, 6.07) is 1.95. The van der Waals surface area contributed by atoms with Crippen molar-refractivity contribution in [2.75, 3.05) is 19.3 Å². The van der Waals surface area contributed by atoms with E-state index in [1.807, 2.05) is 19.9 Å². The standard InChI is InChI=1S/C14H22N2O3S/c1-13(2)11-5-6-14(13,12(17)9-11)10-20(18,19)16(3)8-4-7-15/h11H,4-6,8-10H2,1-3H3/t11-,14-/m1/s1. The number of carbonyl (C=O) groups excluding carboxylic acids is 1. The van der Waals surface area contributed by atoms with Gasteiger partial charge in [0.15, 0.2) is 0 Å². The van der Waals surface area contributed by atoms with Crippen molar-refractivity contribution in [3.05, 3.63) is 0 Å². The Morgan fingerprint density at radius 2 is 2.10 bits per heavy atom. The van der Waals surface area contributed by atoms with Crippen LogP contribution in [0.3, 0.4) is 0 Å². The highest BCUT2D eigenvalue weighted by Crippen LogP contribution is 2.64. The second-order valence-corrected chi connectivity index (χ2v) is 8.73. The van der Waals surface area contributed by atoms with E-state index in [2.05, 4.69) is 0 Å². The molecule has 0 unspecified atom stereocenters. The van der Waals surface area contributed by atoms with E-state index in [0.29, 0.717) is 18.8 Å². The van der Waals surface area contributed by atoms with Crippen LogP contribution in [-0.4, -0.2) is 37.9 Å². The number of ketones is 1. The molecule has 2 saturated carbocycles. The Bertz CT molecular complexity index is 561. The number of Topliss-reactive ketones (excluding diaryl/α,β-unsaturated/α-hetero) is 1. The van der Waals surface area contributed by atoms with Gasteiger partial charge in [-0.3, -0.25) is 4.79 Å². The number of nitrogens with zero attached hydrogens (tertiary/aromatic N) is 2. The summed E-state index contributed by atoms with van der Waals surface area (Å²) in [5.74, 6) is 0.315. The Hall–Kier alpha value is -0.930. The van der Waals surface area contributed by atoms with Crippen LogP contribution >= 0.6 is 0 Å². The first-order chi connectivity index (χ1) is 9.17. The Morgan fingerprint density at radius 1 is 1.45 bits per heavy atom. The first-order valence-electron chi connectivity index (χ1n) is 7.02. The first-order valence-corrected chi connectivity index (χ1v) is 8.62. The molecule has 2 aliphatic carbocycles. The van der Waals surface area contributed by atoms with E-state index in [-0.39, 0.29) is 29.9 Å². The Labute approximate surface area is 121 Å². The van der Waals surface area contributed by atoms with Crippen LogP contribution in [0.1, 0.15) is 39.5 Å². The molecular formula is C14H22N2O3S. The van der Waals surface area contributed by atoms with Gasteiger partial charge in [0, 0.05) is 31.8 Å². The monoisotopic (exact) mass is 298 g/mol. The van der Waals surface area contributed by atoms with Crippen molar-refractivity contribution >= 4 is 15.8 Å². The molecule has 112 valence electrons. The van der Waals surface area contributed by atoms with Gasteiger partial charge in [0.05, 0.1) is 11.8 Å². The van der Waals surface area contributed by atoms with Gasteiger partial charge in [-0.05, 0) is 24.2 Å². The molecule has 2 atom stereocenters. The third-order valence-corrected chi connectivity index (χ3v) is 7.57. The minimum absolute atomic E-state index is 0.107. The fourth-order valence-corrected chi connectivity index (χ4v) is 5.77. The van der Waals surface area contributed by atoms with Crippen molar-refractivity contribution in [1.29, 1.82) is 5.26 Å². The Balaban J connectivity index is 2.25. The van der Waals surface area contributed by atoms with Crippen LogP contribution in [0.4, 0.5) is 0 Å². The lowest BCUT2D eigenvalue weighted by molar-refractivity contribution is -0.128. The normalized spacial score (nSPS) is 31.8. The van der Waals surface area contributed by atoms with E-state index < -0.39 is 15.4 Å². The number of carbonyl (C=O) groups is 1. The van der Waals surface area contributed by atoms with Gasteiger partial charge in [0.2, 0.25) is 10.0 Å². The summed E-state index contributed by atoms with van der Waals surface area (Å²) in [6.07, 6.45) is 2.30. The van der Waals surface area contributed by atoms with Crippen molar-refractivity contribution in [2.24, 2.45) is 16.7 Å². The maximum absolute atomic E-state index is 12.5. The van der Waals surface area contributed by atoms with Crippen molar-refractivity contribution in [2.45, 2.75) is 39.5 Å². The molecule has 0 aromatic heterocycles. The van der Waals surface area contributed by atoms with E-state index >= 15 is 0 Å². The second-order valence-electron chi connectivity index (χ2n) is 6.65. The molecule has 0 radical (unpaired) electrons. The highest BCUT2D eigenvalue weighted by molar-refractivity contribution is 7.89. The maximum Gasteiger partial charge on any atom is 0.214 e. The van der Waals surface area contributed by atoms with Gasteiger partial charge in [-0.1, -0.05) is 13.8 Å². The fourth-order valence-electron chi connectivity index (χ4n) is 3.88. The molecule has 2 aliphatic rings. The summed E-state index contributed by atoms with van der Waals surface area (Å²) in [6.45, 7) is 4.24. The summed E-state index contributed by atoms with van der Waals surface area (Å²) < 4.78 is 26.2. The number of hydrogen-bond donors (Lipinski definition) is 0. The number of fused-ring (bicyclic) bond motifs is 2. The smallest absolute Gasteiger partial charge is 0.214 e. The molecule has 2 bridgehead atoms. The molecular weight excluding hydrogens is 276 g/mol. The van der Waals surface area contributed by atoms with E-state index in [1.54, 1.807) is 0 Å². The molecule has 2 fully saturated rings. The van der Waals surface area contributed by atoms with Gasteiger partial charge in [0.1, 0.15) is 5.78 Å². The second kappa shape index (κ2) is 4.81. The average molecular weight is 298 g/mol. The highest BCUT2D eigenvalue weighted by atomic mass is 32.2. The predicted octanol–water partition coefficient (Wildman–Crippen LogP) is 1.56. The SMILES string of the molecule is CN(CCC#N)S(=O)(=O)C[C@]12CC[C@H](CC1=O)C2(C)C. The number of rotatable bonds is 5. The molecule has 0 aromatic carbocycles. The van der Waals surface area contributed by atoms with E-state index in [1.165, 1.54) is 11.4 Å². The van der Waals surface area contributed by atoms with Crippen LogP contribution in [-0.2, 0) is 14.8 Å². The van der Waals surface area contributed by atoms with Crippen LogP contribution in [0, 0.1) is 28.1 Å². The van der Waals surface area contributed by atoms with Crippen LogP contribution < -0.4 is 0 Å². The lowest BCUT2D eigenvalue weighted by Gasteiger charge is -2.37. The third-order valence-electron chi connectivity index (χ3n) is 5.58. The minimum atomic E-state index is -3.50. The zero-order valence-electron chi connectivity index (χ0n) is 12.3. The summed E-state index contributed by atoms with van der Waals surface area (Å²) >= 11 is 0. The number of sulfonamides is 1. The first kappa shape index (κ1) is 15.5. The third kappa shape index (κ3) is 2.08. The quantitative estimate of drug-likeness (QED) is 0.771. The summed E-state index contributed by atoms with van der Waals surface area (Å²) in [5, 5.41) is 8.57. The van der Waals surface area contributed by atoms with E-state index in [4.69, 9.17) is 5.26 Å². The van der Waals surface area contributed by atoms with Crippen LogP contribution in [0.5, 0.6) is 0 Å². The molecule has 0 heterocycles. The topological polar surface area (TPSA) is 78.2 Å². The highest BCUT2D eigenvalue weighted by Gasteiger charge is 2.65. The number of nitriles is 1. The fraction of sp³-hybridized carbons (Fsp3) is 0.857. The van der Waals surface area contributed by atoms with Gasteiger partial charge in [-0.15, -0.1) is 0 Å². The molecule has 0 aromatic rings. The maximum atomic E-state index is 12.5. The molecule has 0 aliphatic heterocycles.